The average Bonchev–Trinajstić information content (AvgIpc) is 2.67. The van der Waals surface area contributed by atoms with E-state index in [1.54, 1.807) is 0 Å². The number of halogens is 4. The molecule has 0 radical (unpaired) electrons. The topological polar surface area (TPSA) is 71.1 Å². The van der Waals surface area contributed by atoms with Crippen LogP contribution in [0.5, 0.6) is 0 Å². The van der Waals surface area contributed by atoms with Gasteiger partial charge in [-0.3, -0.25) is 14.6 Å². The van der Waals surface area contributed by atoms with Gasteiger partial charge < -0.3 is 10.6 Å². The summed E-state index contributed by atoms with van der Waals surface area (Å²) >= 11 is 0. The highest BCUT2D eigenvalue weighted by molar-refractivity contribution is 6.07. The van der Waals surface area contributed by atoms with E-state index in [1.807, 2.05) is 0 Å². The van der Waals surface area contributed by atoms with Gasteiger partial charge in [0.2, 0.25) is 0 Å². The third-order valence-electron chi connectivity index (χ3n) is 3.61. The summed E-state index contributed by atoms with van der Waals surface area (Å²) in [5.41, 5.74) is -0.448. The predicted molar refractivity (Wildman–Crippen MR) is 92.9 cm³/mol. The van der Waals surface area contributed by atoms with Crippen LogP contribution in [0.4, 0.5) is 28.9 Å². The highest BCUT2D eigenvalue weighted by Gasteiger charge is 2.15. The van der Waals surface area contributed by atoms with Crippen LogP contribution >= 0.6 is 0 Å². The van der Waals surface area contributed by atoms with Crippen LogP contribution in [-0.2, 0) is 0 Å². The number of benzene rings is 2. The fourth-order valence-corrected chi connectivity index (χ4v) is 2.25. The Bertz CT molecular complexity index is 1070. The van der Waals surface area contributed by atoms with Crippen molar-refractivity contribution in [3.63, 3.8) is 0 Å². The molecule has 3 rings (SSSR count). The molecule has 2 aromatic carbocycles. The zero-order chi connectivity index (χ0) is 20.3. The maximum Gasteiger partial charge on any atom is 0.274 e. The number of aromatic nitrogens is 1. The molecule has 0 aliphatic heterocycles. The number of hydrogen-bond acceptors (Lipinski definition) is 3. The summed E-state index contributed by atoms with van der Waals surface area (Å²) in [6, 6.07) is 7.88. The minimum absolute atomic E-state index is 0.00413. The first-order valence-electron chi connectivity index (χ1n) is 7.82. The lowest BCUT2D eigenvalue weighted by molar-refractivity contribution is 0.102. The number of carbonyl (C=O) groups excluding carboxylic acids is 2. The van der Waals surface area contributed by atoms with Crippen molar-refractivity contribution >= 4 is 23.2 Å². The summed E-state index contributed by atoms with van der Waals surface area (Å²) in [5, 5.41) is 4.57. The van der Waals surface area contributed by atoms with Crippen molar-refractivity contribution in [3.8, 4) is 0 Å². The van der Waals surface area contributed by atoms with Gasteiger partial charge in [-0.25, -0.2) is 17.6 Å². The van der Waals surface area contributed by atoms with Crippen LogP contribution in [0.1, 0.15) is 20.8 Å². The van der Waals surface area contributed by atoms with Crippen molar-refractivity contribution in [2.75, 3.05) is 10.6 Å². The van der Waals surface area contributed by atoms with Gasteiger partial charge in [0.05, 0.1) is 5.69 Å². The second kappa shape index (κ2) is 7.87. The summed E-state index contributed by atoms with van der Waals surface area (Å²) in [6.07, 6.45) is 1.18. The standard InChI is InChI=1S/C19H11F4N3O2/c20-11-1-4-16(15(23)8-11)26-19(28)17-7-10(5-6-24-17)18(27)25-12-2-3-13(21)14(22)9-12/h1-9H,(H,25,27)(H,26,28). The van der Waals surface area contributed by atoms with Gasteiger partial charge in [0, 0.05) is 29.6 Å². The molecule has 28 heavy (non-hydrogen) atoms. The Labute approximate surface area is 156 Å². The van der Waals surface area contributed by atoms with Crippen molar-refractivity contribution in [1.29, 1.82) is 0 Å². The van der Waals surface area contributed by atoms with E-state index in [1.165, 1.54) is 18.3 Å². The Morgan fingerprint density at radius 1 is 0.750 bits per heavy atom. The van der Waals surface area contributed by atoms with Gasteiger partial charge in [-0.2, -0.15) is 0 Å². The number of pyridine rings is 1. The molecule has 9 heteroatoms. The van der Waals surface area contributed by atoms with E-state index < -0.39 is 35.1 Å². The molecule has 0 atom stereocenters. The largest absolute Gasteiger partial charge is 0.322 e. The average molecular weight is 389 g/mol. The van der Waals surface area contributed by atoms with Gasteiger partial charge in [-0.05, 0) is 36.4 Å². The summed E-state index contributed by atoms with van der Waals surface area (Å²) in [7, 11) is 0. The lowest BCUT2D eigenvalue weighted by Gasteiger charge is -2.08. The SMILES string of the molecule is O=C(Nc1ccc(F)c(F)c1)c1ccnc(C(=O)Nc2ccc(F)cc2F)c1. The molecule has 0 unspecified atom stereocenters. The van der Waals surface area contributed by atoms with E-state index in [0.717, 1.165) is 30.3 Å². The van der Waals surface area contributed by atoms with E-state index in [2.05, 4.69) is 15.6 Å². The van der Waals surface area contributed by atoms with Gasteiger partial charge in [0.25, 0.3) is 11.8 Å². The highest BCUT2D eigenvalue weighted by atomic mass is 19.2. The number of hydrogen-bond donors (Lipinski definition) is 2. The van der Waals surface area contributed by atoms with Gasteiger partial charge in [0.15, 0.2) is 11.6 Å². The molecule has 0 aliphatic rings. The molecular formula is C19H11F4N3O2. The van der Waals surface area contributed by atoms with Crippen molar-refractivity contribution in [3.05, 3.63) is 89.3 Å². The number of amides is 2. The number of anilines is 2. The van der Waals surface area contributed by atoms with E-state index in [9.17, 15) is 27.2 Å². The molecular weight excluding hydrogens is 378 g/mol. The maximum atomic E-state index is 13.6. The molecule has 142 valence electrons. The first-order valence-corrected chi connectivity index (χ1v) is 7.82. The summed E-state index contributed by atoms with van der Waals surface area (Å²) in [6.45, 7) is 0. The molecule has 0 saturated carbocycles. The van der Waals surface area contributed by atoms with Crippen molar-refractivity contribution in [2.45, 2.75) is 0 Å². The lowest BCUT2D eigenvalue weighted by Crippen LogP contribution is -2.17. The third kappa shape index (κ3) is 4.32. The molecule has 2 N–H and O–H groups in total. The van der Waals surface area contributed by atoms with Crippen LogP contribution in [0.15, 0.2) is 54.7 Å². The summed E-state index contributed by atoms with van der Waals surface area (Å²) < 4.78 is 52.7. The highest BCUT2D eigenvalue weighted by Crippen LogP contribution is 2.17. The molecule has 0 fully saturated rings. The summed E-state index contributed by atoms with van der Waals surface area (Å²) in [5.74, 6) is -5.49. The lowest BCUT2D eigenvalue weighted by atomic mass is 10.2. The van der Waals surface area contributed by atoms with Crippen LogP contribution < -0.4 is 10.6 Å². The van der Waals surface area contributed by atoms with E-state index in [4.69, 9.17) is 0 Å². The number of carbonyl (C=O) groups is 2. The molecule has 0 spiro atoms. The van der Waals surface area contributed by atoms with Crippen LogP contribution in [-0.4, -0.2) is 16.8 Å². The first kappa shape index (κ1) is 19.0. The number of rotatable bonds is 4. The van der Waals surface area contributed by atoms with E-state index in [-0.39, 0.29) is 22.6 Å². The zero-order valence-electron chi connectivity index (χ0n) is 14.0. The second-order valence-corrected chi connectivity index (χ2v) is 5.59. The molecule has 1 heterocycles. The van der Waals surface area contributed by atoms with Crippen LogP contribution in [0, 0.1) is 23.3 Å². The van der Waals surface area contributed by atoms with Gasteiger partial charge >= 0.3 is 0 Å². The van der Waals surface area contributed by atoms with E-state index in [0.29, 0.717) is 6.07 Å². The molecule has 5 nitrogen and oxygen atoms in total. The molecule has 2 amide bonds. The first-order chi connectivity index (χ1) is 13.3. The normalized spacial score (nSPS) is 10.4. The van der Waals surface area contributed by atoms with Crippen molar-refractivity contribution < 1.29 is 27.2 Å². The smallest absolute Gasteiger partial charge is 0.274 e. The minimum atomic E-state index is -1.13. The third-order valence-corrected chi connectivity index (χ3v) is 3.61. The Morgan fingerprint density at radius 3 is 2.25 bits per heavy atom. The number of nitrogens with one attached hydrogen (secondary N) is 2. The van der Waals surface area contributed by atoms with Crippen LogP contribution in [0.3, 0.4) is 0 Å². The Balaban J connectivity index is 1.76. The number of nitrogens with zero attached hydrogens (tertiary/aromatic N) is 1. The van der Waals surface area contributed by atoms with Crippen molar-refractivity contribution in [1.82, 2.24) is 4.98 Å². The van der Waals surface area contributed by atoms with Crippen LogP contribution in [0.2, 0.25) is 0 Å². The van der Waals surface area contributed by atoms with Gasteiger partial charge in [-0.1, -0.05) is 0 Å². The monoisotopic (exact) mass is 389 g/mol. The van der Waals surface area contributed by atoms with Crippen molar-refractivity contribution in [2.24, 2.45) is 0 Å². The Hall–Kier alpha value is -3.75. The minimum Gasteiger partial charge on any atom is -0.322 e. The quantitative estimate of drug-likeness (QED) is 0.659. The Morgan fingerprint density at radius 2 is 1.54 bits per heavy atom. The van der Waals surface area contributed by atoms with Gasteiger partial charge in [0.1, 0.15) is 17.3 Å². The molecule has 0 saturated heterocycles. The molecule has 0 aliphatic carbocycles. The second-order valence-electron chi connectivity index (χ2n) is 5.59. The zero-order valence-corrected chi connectivity index (χ0v) is 14.0. The van der Waals surface area contributed by atoms with E-state index >= 15 is 0 Å². The van der Waals surface area contributed by atoms with Crippen LogP contribution in [0.25, 0.3) is 0 Å². The van der Waals surface area contributed by atoms with Gasteiger partial charge in [-0.15, -0.1) is 0 Å². The predicted octanol–water partition coefficient (Wildman–Crippen LogP) is 4.14. The summed E-state index contributed by atoms with van der Waals surface area (Å²) in [4.78, 5) is 28.3. The molecule has 1 aromatic heterocycles. The fraction of sp³-hybridized carbons (Fsp3) is 0. The maximum absolute atomic E-state index is 13.6. The fourth-order valence-electron chi connectivity index (χ4n) is 2.25. The Kier molecular flexibility index (Phi) is 5.35. The molecule has 3 aromatic rings. The molecule has 0 bridgehead atoms.